The summed E-state index contributed by atoms with van der Waals surface area (Å²) < 4.78 is 27.6. The average molecular weight is 373 g/mol. The summed E-state index contributed by atoms with van der Waals surface area (Å²) >= 11 is 5.10. The number of nitrogens with two attached hydrogens (primary N) is 1. The summed E-state index contributed by atoms with van der Waals surface area (Å²) in [4.78, 5) is 1.09. The molecule has 21 heavy (non-hydrogen) atoms. The lowest BCUT2D eigenvalue weighted by atomic mass is 10.1. The van der Waals surface area contributed by atoms with Gasteiger partial charge in [-0.3, -0.25) is 11.3 Å². The van der Waals surface area contributed by atoms with E-state index in [1.165, 1.54) is 12.1 Å². The highest BCUT2D eigenvalue weighted by atomic mass is 79.9. The van der Waals surface area contributed by atoms with Gasteiger partial charge < -0.3 is 0 Å². The normalized spacial score (nSPS) is 12.4. The van der Waals surface area contributed by atoms with Crippen molar-refractivity contribution in [2.45, 2.75) is 17.4 Å². The number of hydrogen-bond donors (Lipinski definition) is 2. The maximum absolute atomic E-state index is 13.7. The summed E-state index contributed by atoms with van der Waals surface area (Å²) in [5.74, 6) is 5.09. The standard InChI is InChI=1S/C15H15BrF2N2S/c16-13-3-1-2-4-15(13)21-9-12(20-19)7-10-5-6-11(17)8-14(10)18/h1-6,8,12,20H,7,9,19H2. The third-order valence-electron chi connectivity index (χ3n) is 2.99. The summed E-state index contributed by atoms with van der Waals surface area (Å²) in [6.07, 6.45) is 0.403. The van der Waals surface area contributed by atoms with Crippen molar-refractivity contribution in [1.82, 2.24) is 5.43 Å². The second-order valence-electron chi connectivity index (χ2n) is 4.54. The van der Waals surface area contributed by atoms with E-state index in [0.29, 0.717) is 17.7 Å². The lowest BCUT2D eigenvalue weighted by Crippen LogP contribution is -2.38. The largest absolute Gasteiger partial charge is 0.271 e. The van der Waals surface area contributed by atoms with Crippen LogP contribution in [0.5, 0.6) is 0 Å². The predicted octanol–water partition coefficient (Wildman–Crippen LogP) is 3.89. The molecule has 1 atom stereocenters. The van der Waals surface area contributed by atoms with Gasteiger partial charge in [-0.2, -0.15) is 0 Å². The Hall–Kier alpha value is -0.950. The molecule has 112 valence electrons. The van der Waals surface area contributed by atoms with E-state index in [0.717, 1.165) is 15.4 Å². The maximum Gasteiger partial charge on any atom is 0.129 e. The van der Waals surface area contributed by atoms with Gasteiger partial charge in [-0.25, -0.2) is 8.78 Å². The summed E-state index contributed by atoms with van der Waals surface area (Å²) in [7, 11) is 0. The lowest BCUT2D eigenvalue weighted by Gasteiger charge is -2.16. The molecule has 0 aliphatic heterocycles. The quantitative estimate of drug-likeness (QED) is 0.458. The molecule has 0 spiro atoms. The van der Waals surface area contributed by atoms with Gasteiger partial charge in [-0.05, 0) is 46.1 Å². The third kappa shape index (κ3) is 4.78. The van der Waals surface area contributed by atoms with Gasteiger partial charge in [0.1, 0.15) is 11.6 Å². The van der Waals surface area contributed by atoms with Crippen LogP contribution in [-0.4, -0.2) is 11.8 Å². The van der Waals surface area contributed by atoms with Crippen LogP contribution in [0.4, 0.5) is 8.78 Å². The first-order valence-electron chi connectivity index (χ1n) is 6.37. The molecule has 0 aliphatic rings. The average Bonchev–Trinajstić information content (AvgIpc) is 2.47. The van der Waals surface area contributed by atoms with Crippen molar-refractivity contribution >= 4 is 27.7 Å². The molecule has 2 aromatic carbocycles. The third-order valence-corrected chi connectivity index (χ3v) is 5.18. The number of benzene rings is 2. The Balaban J connectivity index is 1.99. The van der Waals surface area contributed by atoms with Crippen LogP contribution in [0, 0.1) is 11.6 Å². The van der Waals surface area contributed by atoms with Gasteiger partial charge in [0.15, 0.2) is 0 Å². The van der Waals surface area contributed by atoms with Crippen LogP contribution in [0.15, 0.2) is 51.8 Å². The Morgan fingerprint density at radius 2 is 1.95 bits per heavy atom. The molecule has 2 aromatic rings. The van der Waals surface area contributed by atoms with Crippen LogP contribution >= 0.6 is 27.7 Å². The highest BCUT2D eigenvalue weighted by Crippen LogP contribution is 2.28. The van der Waals surface area contributed by atoms with E-state index in [1.54, 1.807) is 11.8 Å². The smallest absolute Gasteiger partial charge is 0.129 e. The molecule has 0 fully saturated rings. The van der Waals surface area contributed by atoms with E-state index in [9.17, 15) is 8.78 Å². The van der Waals surface area contributed by atoms with Crippen molar-refractivity contribution in [3.05, 3.63) is 64.1 Å². The molecule has 0 aliphatic carbocycles. The van der Waals surface area contributed by atoms with Crippen molar-refractivity contribution in [1.29, 1.82) is 0 Å². The van der Waals surface area contributed by atoms with Crippen LogP contribution in [0.1, 0.15) is 5.56 Å². The molecular weight excluding hydrogens is 358 g/mol. The molecule has 3 N–H and O–H groups in total. The Morgan fingerprint density at radius 1 is 1.19 bits per heavy atom. The summed E-state index contributed by atoms with van der Waals surface area (Å²) in [5, 5.41) is 0. The topological polar surface area (TPSA) is 38.0 Å². The minimum Gasteiger partial charge on any atom is -0.271 e. The minimum atomic E-state index is -0.573. The highest BCUT2D eigenvalue weighted by molar-refractivity contribution is 9.10. The molecule has 0 heterocycles. The predicted molar refractivity (Wildman–Crippen MR) is 86.0 cm³/mol. The summed E-state index contributed by atoms with van der Waals surface area (Å²) in [6.45, 7) is 0. The van der Waals surface area contributed by atoms with Gasteiger partial charge in [0.2, 0.25) is 0 Å². The SMILES string of the molecule is NNC(CSc1ccccc1Br)Cc1ccc(F)cc1F. The Kier molecular flexibility index (Phi) is 6.17. The number of halogens is 3. The first-order valence-corrected chi connectivity index (χ1v) is 8.15. The fraction of sp³-hybridized carbons (Fsp3) is 0.200. The van der Waals surface area contributed by atoms with Crippen molar-refractivity contribution in [2.75, 3.05) is 5.75 Å². The van der Waals surface area contributed by atoms with E-state index in [2.05, 4.69) is 21.4 Å². The van der Waals surface area contributed by atoms with Crippen molar-refractivity contribution in [3.63, 3.8) is 0 Å². The van der Waals surface area contributed by atoms with Gasteiger partial charge >= 0.3 is 0 Å². The fourth-order valence-corrected chi connectivity index (χ4v) is 3.47. The van der Waals surface area contributed by atoms with Gasteiger partial charge in [-0.1, -0.05) is 18.2 Å². The van der Waals surface area contributed by atoms with E-state index in [4.69, 9.17) is 5.84 Å². The molecule has 0 bridgehead atoms. The van der Waals surface area contributed by atoms with Crippen LogP contribution in [-0.2, 0) is 6.42 Å². The summed E-state index contributed by atoms with van der Waals surface area (Å²) in [5.41, 5.74) is 3.14. The van der Waals surface area contributed by atoms with Crippen molar-refractivity contribution < 1.29 is 8.78 Å². The van der Waals surface area contributed by atoms with Crippen LogP contribution in [0.2, 0.25) is 0 Å². The van der Waals surface area contributed by atoms with Crippen LogP contribution in [0.3, 0.4) is 0 Å². The Bertz CT molecular complexity index is 610. The van der Waals surface area contributed by atoms with Crippen molar-refractivity contribution in [2.24, 2.45) is 5.84 Å². The zero-order chi connectivity index (χ0) is 15.2. The minimum absolute atomic E-state index is 0.109. The van der Waals surface area contributed by atoms with Crippen LogP contribution < -0.4 is 11.3 Å². The van der Waals surface area contributed by atoms with E-state index < -0.39 is 11.6 Å². The molecule has 0 radical (unpaired) electrons. The fourth-order valence-electron chi connectivity index (χ4n) is 1.87. The second kappa shape index (κ2) is 7.89. The number of hydrazine groups is 1. The molecule has 1 unspecified atom stereocenters. The number of thioether (sulfide) groups is 1. The van der Waals surface area contributed by atoms with Gasteiger partial charge in [0.25, 0.3) is 0 Å². The van der Waals surface area contributed by atoms with Gasteiger partial charge in [-0.15, -0.1) is 11.8 Å². The Morgan fingerprint density at radius 3 is 2.62 bits per heavy atom. The molecule has 0 amide bonds. The molecule has 2 nitrogen and oxygen atoms in total. The lowest BCUT2D eigenvalue weighted by molar-refractivity contribution is 0.536. The first-order chi connectivity index (χ1) is 10.1. The molecular formula is C15H15BrF2N2S. The van der Waals surface area contributed by atoms with E-state index in [-0.39, 0.29) is 6.04 Å². The van der Waals surface area contributed by atoms with Gasteiger partial charge in [0.05, 0.1) is 0 Å². The molecule has 2 rings (SSSR count). The number of hydrogen-bond acceptors (Lipinski definition) is 3. The van der Waals surface area contributed by atoms with E-state index >= 15 is 0 Å². The number of nitrogens with one attached hydrogen (secondary N) is 1. The van der Waals surface area contributed by atoms with Crippen molar-refractivity contribution in [3.8, 4) is 0 Å². The first kappa shape index (κ1) is 16.4. The molecule has 0 saturated carbocycles. The zero-order valence-electron chi connectivity index (χ0n) is 11.2. The molecule has 0 saturated heterocycles. The zero-order valence-corrected chi connectivity index (χ0v) is 13.6. The maximum atomic E-state index is 13.7. The monoisotopic (exact) mass is 372 g/mol. The number of rotatable bonds is 6. The molecule has 0 aromatic heterocycles. The molecule has 6 heteroatoms. The second-order valence-corrected chi connectivity index (χ2v) is 6.46. The van der Waals surface area contributed by atoms with E-state index in [1.807, 2.05) is 24.3 Å². The van der Waals surface area contributed by atoms with Gasteiger partial charge in [0, 0.05) is 27.2 Å². The highest BCUT2D eigenvalue weighted by Gasteiger charge is 2.13. The Labute approximate surface area is 135 Å². The summed E-state index contributed by atoms with van der Waals surface area (Å²) in [6, 6.07) is 11.4. The van der Waals surface area contributed by atoms with Crippen LogP contribution in [0.25, 0.3) is 0 Å².